The highest BCUT2D eigenvalue weighted by molar-refractivity contribution is 7.85. The van der Waals surface area contributed by atoms with Crippen LogP contribution in [0.1, 0.15) is 39.5 Å². The molecule has 16 heavy (non-hydrogen) atoms. The van der Waals surface area contributed by atoms with E-state index in [1.165, 1.54) is 0 Å². The maximum atomic E-state index is 12.0. The van der Waals surface area contributed by atoms with Crippen LogP contribution >= 0.6 is 0 Å². The number of carbonyl (C=O) groups is 1. The quantitative estimate of drug-likeness (QED) is 0.769. The van der Waals surface area contributed by atoms with Gasteiger partial charge in [0.15, 0.2) is 0 Å². The van der Waals surface area contributed by atoms with Gasteiger partial charge in [0.05, 0.1) is 5.75 Å². The fourth-order valence-electron chi connectivity index (χ4n) is 3.66. The summed E-state index contributed by atoms with van der Waals surface area (Å²) in [6, 6.07) is 0. The third kappa shape index (κ3) is 1.52. The average Bonchev–Trinajstić information content (AvgIpc) is 2.46. The number of fused-ring (bicyclic) bond motifs is 2. The lowest BCUT2D eigenvalue weighted by Gasteiger charge is -2.36. The second kappa shape index (κ2) is 3.29. The maximum absolute atomic E-state index is 12.0. The Hall–Kier alpha value is -0.420. The van der Waals surface area contributed by atoms with Gasteiger partial charge in [0.1, 0.15) is 5.78 Å². The van der Waals surface area contributed by atoms with Crippen LogP contribution in [0.2, 0.25) is 0 Å². The number of carbonyl (C=O) groups excluding carboxylic acids is 1. The second-order valence-electron chi connectivity index (χ2n) is 5.70. The lowest BCUT2D eigenvalue weighted by atomic mass is 9.67. The van der Waals surface area contributed by atoms with E-state index in [1.807, 2.05) is 0 Å². The molecule has 2 atom stereocenters. The van der Waals surface area contributed by atoms with Crippen molar-refractivity contribution in [3.8, 4) is 0 Å². The van der Waals surface area contributed by atoms with Crippen molar-refractivity contribution in [1.29, 1.82) is 0 Å². The van der Waals surface area contributed by atoms with E-state index in [2.05, 4.69) is 13.8 Å². The topological polar surface area (TPSA) is 71.4 Å². The normalized spacial score (nSPS) is 36.9. The van der Waals surface area contributed by atoms with Gasteiger partial charge in [-0.25, -0.2) is 0 Å². The van der Waals surface area contributed by atoms with Gasteiger partial charge in [-0.2, -0.15) is 8.42 Å². The molecule has 2 aliphatic carbocycles. The van der Waals surface area contributed by atoms with Gasteiger partial charge in [0.25, 0.3) is 10.1 Å². The molecule has 1 N–H and O–H groups in total. The van der Waals surface area contributed by atoms with Crippen LogP contribution in [0.3, 0.4) is 0 Å². The molecule has 0 saturated heterocycles. The van der Waals surface area contributed by atoms with Gasteiger partial charge < -0.3 is 0 Å². The zero-order valence-electron chi connectivity index (χ0n) is 9.69. The van der Waals surface area contributed by atoms with Crippen LogP contribution in [-0.2, 0) is 14.9 Å². The Morgan fingerprint density at radius 1 is 1.44 bits per heavy atom. The van der Waals surface area contributed by atoms with Gasteiger partial charge in [-0.3, -0.25) is 9.35 Å². The van der Waals surface area contributed by atoms with Crippen molar-refractivity contribution in [1.82, 2.24) is 0 Å². The minimum absolute atomic E-state index is 0.116. The van der Waals surface area contributed by atoms with E-state index in [1.54, 1.807) is 0 Å². The molecule has 2 unspecified atom stereocenters. The predicted octanol–water partition coefficient (Wildman–Crippen LogP) is 1.66. The molecular weight excluding hydrogens is 228 g/mol. The van der Waals surface area contributed by atoms with Crippen molar-refractivity contribution in [3.63, 3.8) is 0 Å². The summed E-state index contributed by atoms with van der Waals surface area (Å²) in [5, 5.41) is 0. The Kier molecular flexibility index (Phi) is 2.48. The van der Waals surface area contributed by atoms with E-state index in [-0.39, 0.29) is 23.4 Å². The molecule has 0 aromatic heterocycles. The molecule has 0 heterocycles. The molecule has 0 aromatic rings. The Balaban J connectivity index is 2.26. The van der Waals surface area contributed by atoms with Crippen LogP contribution in [0, 0.1) is 16.7 Å². The zero-order valence-corrected chi connectivity index (χ0v) is 10.5. The first-order valence-electron chi connectivity index (χ1n) is 5.67. The third-order valence-corrected chi connectivity index (χ3v) is 5.65. The first-order valence-corrected chi connectivity index (χ1v) is 7.28. The number of ketones is 1. The molecule has 2 aliphatic rings. The summed E-state index contributed by atoms with van der Waals surface area (Å²) in [7, 11) is -3.97. The summed E-state index contributed by atoms with van der Waals surface area (Å²) in [6.07, 6.45) is 2.63. The van der Waals surface area contributed by atoms with Crippen molar-refractivity contribution >= 4 is 15.9 Å². The summed E-state index contributed by atoms with van der Waals surface area (Å²) < 4.78 is 30.5. The van der Waals surface area contributed by atoms with Crippen LogP contribution in [-0.4, -0.2) is 24.5 Å². The molecule has 0 amide bonds. The molecule has 92 valence electrons. The number of hydrogen-bond acceptors (Lipinski definition) is 3. The van der Waals surface area contributed by atoms with E-state index in [9.17, 15) is 13.2 Å². The molecular formula is C11H18O4S. The van der Waals surface area contributed by atoms with E-state index in [0.29, 0.717) is 12.3 Å². The summed E-state index contributed by atoms with van der Waals surface area (Å²) in [5.74, 6) is 0.285. The Labute approximate surface area is 96.2 Å². The van der Waals surface area contributed by atoms with Gasteiger partial charge in [0, 0.05) is 11.8 Å². The number of rotatable bonds is 3. The number of hydrogen-bond donors (Lipinski definition) is 1. The highest BCUT2D eigenvalue weighted by Crippen LogP contribution is 2.65. The minimum Gasteiger partial charge on any atom is -0.299 e. The molecule has 5 heteroatoms. The summed E-state index contributed by atoms with van der Waals surface area (Å²) >= 11 is 0. The summed E-state index contributed by atoms with van der Waals surface area (Å²) in [5.41, 5.74) is -0.623. The van der Waals surface area contributed by atoms with Gasteiger partial charge in [0.2, 0.25) is 0 Å². The lowest BCUT2D eigenvalue weighted by molar-refractivity contribution is -0.129. The van der Waals surface area contributed by atoms with Crippen molar-refractivity contribution < 1.29 is 17.8 Å². The van der Waals surface area contributed by atoms with Gasteiger partial charge in [-0.05, 0) is 30.6 Å². The third-order valence-electron chi connectivity index (χ3n) is 4.93. The molecule has 0 spiro atoms. The number of Topliss-reactive ketones (excluding diaryl/α,β-unsaturated/α-hetero) is 1. The molecule has 2 fully saturated rings. The standard InChI is InChI=1S/C11H18O4S/c1-10(2)8-3-4-11(10,9(12)7-8)5-6-16(13,14)15/h8H,3-7H2,1-2H3,(H,13,14,15). The molecule has 0 aliphatic heterocycles. The smallest absolute Gasteiger partial charge is 0.264 e. The van der Waals surface area contributed by atoms with Crippen molar-refractivity contribution in [3.05, 3.63) is 0 Å². The SMILES string of the molecule is CC1(C)C2CCC1(CCS(=O)(=O)O)C(=O)C2. The van der Waals surface area contributed by atoms with Crippen molar-refractivity contribution in [2.24, 2.45) is 16.7 Å². The fraction of sp³-hybridized carbons (Fsp3) is 0.909. The monoisotopic (exact) mass is 246 g/mol. The molecule has 4 nitrogen and oxygen atoms in total. The van der Waals surface area contributed by atoms with Crippen molar-refractivity contribution in [2.45, 2.75) is 39.5 Å². The Morgan fingerprint density at radius 3 is 2.44 bits per heavy atom. The zero-order chi connectivity index (χ0) is 12.2. The summed E-state index contributed by atoms with van der Waals surface area (Å²) in [4.78, 5) is 12.0. The largest absolute Gasteiger partial charge is 0.299 e. The highest BCUT2D eigenvalue weighted by Gasteiger charge is 2.63. The van der Waals surface area contributed by atoms with Crippen LogP contribution in [0.15, 0.2) is 0 Å². The van der Waals surface area contributed by atoms with Crippen LogP contribution < -0.4 is 0 Å². The van der Waals surface area contributed by atoms with E-state index in [0.717, 1.165) is 12.8 Å². The molecule has 0 aromatic carbocycles. The summed E-state index contributed by atoms with van der Waals surface area (Å²) in [6.45, 7) is 4.11. The molecule has 2 saturated carbocycles. The van der Waals surface area contributed by atoms with E-state index >= 15 is 0 Å². The van der Waals surface area contributed by atoms with Gasteiger partial charge in [-0.15, -0.1) is 0 Å². The van der Waals surface area contributed by atoms with Crippen LogP contribution in [0.5, 0.6) is 0 Å². The lowest BCUT2D eigenvalue weighted by Crippen LogP contribution is -2.37. The van der Waals surface area contributed by atoms with Crippen LogP contribution in [0.4, 0.5) is 0 Å². The van der Waals surface area contributed by atoms with Gasteiger partial charge in [-0.1, -0.05) is 13.8 Å². The molecule has 0 radical (unpaired) electrons. The van der Waals surface area contributed by atoms with Gasteiger partial charge >= 0.3 is 0 Å². The maximum Gasteiger partial charge on any atom is 0.264 e. The fourth-order valence-corrected chi connectivity index (χ4v) is 4.27. The second-order valence-corrected chi connectivity index (χ2v) is 7.27. The van der Waals surface area contributed by atoms with E-state index < -0.39 is 15.5 Å². The highest BCUT2D eigenvalue weighted by atomic mass is 32.2. The Bertz CT molecular complexity index is 423. The minimum atomic E-state index is -3.97. The van der Waals surface area contributed by atoms with Crippen LogP contribution in [0.25, 0.3) is 0 Å². The first kappa shape index (κ1) is 12.0. The molecule has 2 rings (SSSR count). The predicted molar refractivity (Wildman–Crippen MR) is 59.6 cm³/mol. The molecule has 2 bridgehead atoms. The first-order chi connectivity index (χ1) is 7.19. The van der Waals surface area contributed by atoms with Crippen molar-refractivity contribution in [2.75, 3.05) is 5.75 Å². The van der Waals surface area contributed by atoms with E-state index in [4.69, 9.17) is 4.55 Å². The average molecular weight is 246 g/mol. The Morgan fingerprint density at radius 2 is 2.06 bits per heavy atom.